The summed E-state index contributed by atoms with van der Waals surface area (Å²) in [5, 5.41) is 23.4. The lowest BCUT2D eigenvalue weighted by atomic mass is 10.1. The first-order chi connectivity index (χ1) is 23.0. The van der Waals surface area contributed by atoms with Crippen LogP contribution < -0.4 is 37.3 Å². The third-order valence-electron chi connectivity index (χ3n) is 6.91. The predicted molar refractivity (Wildman–Crippen MR) is 183 cm³/mol. The number of nitrogens with zero attached hydrogens (tertiary/aromatic N) is 4. The van der Waals surface area contributed by atoms with Gasteiger partial charge in [-0.05, 0) is 62.4 Å². The largest absolute Gasteiger partial charge is 0.494 e. The minimum atomic E-state index is -1.94. The van der Waals surface area contributed by atoms with Crippen LogP contribution in [0.4, 0.5) is 16.0 Å². The van der Waals surface area contributed by atoms with Gasteiger partial charge in [0, 0.05) is 26.2 Å². The normalized spacial score (nSPS) is 13.6. The third kappa shape index (κ3) is 13.8. The standard InChI is InChI=1S/C32H45ClFN9O5/c1-32(34,42-25(45)20-44)21-43(16-7-18-47-23-9-3-2-4-10-23)17-19-48-24-13-11-22(12-14-24)8-5-6-15-38-31(37)41-30(46)26-28(35)40-29(36)27(33)39-26/h2-4,9-14,25,42,44-45H,5-8,15-21H2,1H3,(H4,35,36,40)(H3,37,38,41,46). The molecule has 14 nitrogen and oxygen atoms in total. The van der Waals surface area contributed by atoms with E-state index in [0.29, 0.717) is 45.0 Å². The molecule has 1 heterocycles. The summed E-state index contributed by atoms with van der Waals surface area (Å²) in [7, 11) is 0. The maximum atomic E-state index is 15.1. The Morgan fingerprint density at radius 2 is 1.71 bits per heavy atom. The number of aliphatic hydroxyl groups excluding tert-OH is 2. The number of alkyl halides is 1. The van der Waals surface area contributed by atoms with E-state index in [1.807, 2.05) is 59.5 Å². The van der Waals surface area contributed by atoms with Crippen LogP contribution in [0.1, 0.15) is 42.2 Å². The van der Waals surface area contributed by atoms with Crippen molar-refractivity contribution in [3.8, 4) is 11.5 Å². The maximum absolute atomic E-state index is 15.1. The molecular weight excluding hydrogens is 645 g/mol. The number of hydrogen-bond donors (Lipinski definition) is 7. The van der Waals surface area contributed by atoms with Gasteiger partial charge in [0.1, 0.15) is 24.3 Å². The summed E-state index contributed by atoms with van der Waals surface area (Å²) in [6.07, 6.45) is 1.65. The van der Waals surface area contributed by atoms with Crippen molar-refractivity contribution in [3.05, 3.63) is 71.0 Å². The number of aromatic nitrogens is 2. The molecule has 48 heavy (non-hydrogen) atoms. The Morgan fingerprint density at radius 3 is 2.42 bits per heavy atom. The molecule has 0 saturated heterocycles. The Hall–Kier alpha value is -4.28. The van der Waals surface area contributed by atoms with Crippen molar-refractivity contribution in [2.45, 2.75) is 44.6 Å². The quantitative estimate of drug-likeness (QED) is 0.0298. The molecule has 0 radical (unpaired) electrons. The number of aliphatic hydroxyl groups is 2. The molecule has 0 spiro atoms. The number of nitrogen functional groups attached to an aromatic ring is 2. The number of aryl methyl sites for hydroxylation is 1. The number of amides is 1. The van der Waals surface area contributed by atoms with Crippen LogP contribution in [0, 0.1) is 0 Å². The molecule has 10 N–H and O–H groups in total. The SMILES string of the molecule is CC(F)(CN(CCCOc1ccccc1)CCOc1ccc(CCCCN=C(N)NC(=O)c2nc(Cl)c(N)nc2N)cc1)NC(O)CO. The van der Waals surface area contributed by atoms with Crippen molar-refractivity contribution in [1.82, 2.24) is 25.5 Å². The number of anilines is 2. The van der Waals surface area contributed by atoms with Gasteiger partial charge in [-0.15, -0.1) is 0 Å². The lowest BCUT2D eigenvalue weighted by Crippen LogP contribution is -2.53. The number of carbonyl (C=O) groups is 1. The molecule has 262 valence electrons. The van der Waals surface area contributed by atoms with E-state index >= 15 is 4.39 Å². The Morgan fingerprint density at radius 1 is 1.02 bits per heavy atom. The summed E-state index contributed by atoms with van der Waals surface area (Å²) in [4.78, 5) is 26.0. The number of ether oxygens (including phenoxy) is 2. The molecule has 2 unspecified atom stereocenters. The van der Waals surface area contributed by atoms with Crippen LogP contribution in [0.5, 0.6) is 11.5 Å². The van der Waals surface area contributed by atoms with E-state index in [9.17, 15) is 9.90 Å². The van der Waals surface area contributed by atoms with Crippen LogP contribution >= 0.6 is 11.6 Å². The molecule has 1 aromatic heterocycles. The van der Waals surface area contributed by atoms with Crippen molar-refractivity contribution in [2.75, 3.05) is 57.5 Å². The maximum Gasteiger partial charge on any atom is 0.280 e. The Bertz CT molecular complexity index is 1450. The molecule has 0 aliphatic carbocycles. The lowest BCUT2D eigenvalue weighted by Gasteiger charge is -2.31. The minimum absolute atomic E-state index is 0.0272. The number of para-hydroxylation sites is 1. The number of rotatable bonds is 20. The number of nitrogens with one attached hydrogen (secondary N) is 2. The van der Waals surface area contributed by atoms with Crippen molar-refractivity contribution in [1.29, 1.82) is 0 Å². The molecule has 0 aliphatic rings. The fourth-order valence-corrected chi connectivity index (χ4v) is 4.76. The van der Waals surface area contributed by atoms with Gasteiger partial charge in [-0.2, -0.15) is 0 Å². The molecule has 2 atom stereocenters. The van der Waals surface area contributed by atoms with Crippen molar-refractivity contribution >= 4 is 35.1 Å². The Balaban J connectivity index is 1.40. The molecule has 0 saturated carbocycles. The summed E-state index contributed by atoms with van der Waals surface area (Å²) < 4.78 is 26.8. The average Bonchev–Trinajstić information content (AvgIpc) is 3.05. The second kappa shape index (κ2) is 19.5. The second-order valence-electron chi connectivity index (χ2n) is 11.1. The van der Waals surface area contributed by atoms with E-state index in [1.54, 1.807) is 0 Å². The van der Waals surface area contributed by atoms with Gasteiger partial charge in [-0.3, -0.25) is 25.3 Å². The van der Waals surface area contributed by atoms with Gasteiger partial charge in [-0.1, -0.05) is 41.9 Å². The van der Waals surface area contributed by atoms with Gasteiger partial charge < -0.3 is 36.9 Å². The number of guanidine groups is 1. The van der Waals surface area contributed by atoms with Crippen LogP contribution in [0.25, 0.3) is 0 Å². The first-order valence-corrected chi connectivity index (χ1v) is 15.9. The molecular formula is C32H45ClFN9O5. The van der Waals surface area contributed by atoms with E-state index < -0.39 is 24.5 Å². The molecule has 3 rings (SSSR count). The zero-order chi connectivity index (χ0) is 34.9. The first-order valence-electron chi connectivity index (χ1n) is 15.5. The van der Waals surface area contributed by atoms with E-state index in [1.165, 1.54) is 6.92 Å². The van der Waals surface area contributed by atoms with Crippen molar-refractivity contribution in [3.63, 3.8) is 0 Å². The van der Waals surface area contributed by atoms with E-state index in [2.05, 4.69) is 25.6 Å². The van der Waals surface area contributed by atoms with E-state index in [0.717, 1.165) is 30.6 Å². The number of carbonyl (C=O) groups excluding carboxylic acids is 1. The van der Waals surface area contributed by atoms with Gasteiger partial charge >= 0.3 is 0 Å². The minimum Gasteiger partial charge on any atom is -0.494 e. The molecule has 16 heteroatoms. The summed E-state index contributed by atoms with van der Waals surface area (Å²) in [5.41, 5.74) is 17.9. The molecule has 3 aromatic rings. The zero-order valence-corrected chi connectivity index (χ0v) is 27.7. The third-order valence-corrected chi connectivity index (χ3v) is 7.19. The van der Waals surface area contributed by atoms with Gasteiger partial charge in [0.05, 0.1) is 13.2 Å². The fraction of sp³-hybridized carbons (Fsp3) is 0.438. The first kappa shape index (κ1) is 38.2. The monoisotopic (exact) mass is 689 g/mol. The predicted octanol–water partition coefficient (Wildman–Crippen LogP) is 2.10. The smallest absolute Gasteiger partial charge is 0.280 e. The van der Waals surface area contributed by atoms with Crippen LogP contribution in [-0.4, -0.2) is 95.0 Å². The number of hydrogen-bond acceptors (Lipinski definition) is 12. The summed E-state index contributed by atoms with van der Waals surface area (Å²) in [6, 6.07) is 17.2. The van der Waals surface area contributed by atoms with E-state index in [-0.39, 0.29) is 35.0 Å². The summed E-state index contributed by atoms with van der Waals surface area (Å²) in [6.45, 7) is 2.85. The Kier molecular flexibility index (Phi) is 15.5. The van der Waals surface area contributed by atoms with Crippen LogP contribution in [0.2, 0.25) is 5.15 Å². The number of halogens is 2. The Labute approximate surface area is 284 Å². The van der Waals surface area contributed by atoms with Crippen molar-refractivity contribution < 1.29 is 28.9 Å². The van der Waals surface area contributed by atoms with Crippen LogP contribution in [0.3, 0.4) is 0 Å². The second-order valence-corrected chi connectivity index (χ2v) is 11.5. The van der Waals surface area contributed by atoms with Crippen LogP contribution in [-0.2, 0) is 6.42 Å². The number of unbranched alkanes of at least 4 members (excludes halogenated alkanes) is 1. The van der Waals surface area contributed by atoms with Crippen LogP contribution in [0.15, 0.2) is 59.6 Å². The van der Waals surface area contributed by atoms with Gasteiger partial charge in [0.15, 0.2) is 34.2 Å². The highest BCUT2D eigenvalue weighted by Gasteiger charge is 2.28. The fourth-order valence-electron chi connectivity index (χ4n) is 4.63. The zero-order valence-electron chi connectivity index (χ0n) is 26.9. The van der Waals surface area contributed by atoms with Gasteiger partial charge in [-0.25, -0.2) is 14.4 Å². The van der Waals surface area contributed by atoms with Gasteiger partial charge in [0.25, 0.3) is 5.91 Å². The highest BCUT2D eigenvalue weighted by molar-refractivity contribution is 6.31. The molecule has 0 fully saturated rings. The summed E-state index contributed by atoms with van der Waals surface area (Å²) >= 11 is 5.81. The highest BCUT2D eigenvalue weighted by Crippen LogP contribution is 2.18. The average molecular weight is 690 g/mol. The lowest BCUT2D eigenvalue weighted by molar-refractivity contribution is -0.0187. The summed E-state index contributed by atoms with van der Waals surface area (Å²) in [5.74, 6) is -1.51. The number of benzene rings is 2. The highest BCUT2D eigenvalue weighted by atomic mass is 35.5. The van der Waals surface area contributed by atoms with Crippen molar-refractivity contribution in [2.24, 2.45) is 10.7 Å². The van der Waals surface area contributed by atoms with Gasteiger partial charge in [0.2, 0.25) is 0 Å². The molecule has 1 amide bonds. The molecule has 0 aliphatic heterocycles. The number of aliphatic imine (C=N–C) groups is 1. The van der Waals surface area contributed by atoms with E-state index in [4.69, 9.17) is 43.4 Å². The topological polar surface area (TPSA) is 219 Å². The molecule has 2 aromatic carbocycles. The molecule has 0 bridgehead atoms. The number of nitrogens with two attached hydrogens (primary N) is 3.